The van der Waals surface area contributed by atoms with Gasteiger partial charge in [-0.3, -0.25) is 0 Å². The zero-order valence-electron chi connectivity index (χ0n) is 8.52. The molecule has 0 aromatic heterocycles. The molecule has 1 aliphatic rings. The van der Waals surface area contributed by atoms with Gasteiger partial charge in [-0.05, 0) is 23.3 Å². The molecule has 1 fully saturated rings. The van der Waals surface area contributed by atoms with E-state index in [0.717, 1.165) is 0 Å². The third-order valence-corrected chi connectivity index (χ3v) is 4.37. The van der Waals surface area contributed by atoms with Gasteiger partial charge >= 0.3 is 0 Å². The minimum Gasteiger partial charge on any atom is -0.314 e. The second kappa shape index (κ2) is 3.93. The second-order valence-electron chi connectivity index (χ2n) is 4.56. The Labute approximate surface area is 78.9 Å². The van der Waals surface area contributed by atoms with E-state index in [0.29, 0.717) is 21.9 Å². The first-order valence-corrected chi connectivity index (χ1v) is 6.46. The zero-order valence-corrected chi connectivity index (χ0v) is 9.34. The van der Waals surface area contributed by atoms with Crippen LogP contribution in [0.15, 0.2) is 0 Å². The van der Waals surface area contributed by atoms with Gasteiger partial charge < -0.3 is 5.32 Å². The summed E-state index contributed by atoms with van der Waals surface area (Å²) in [5, 5.41) is 3.53. The Morgan fingerprint density at radius 2 is 2.25 bits per heavy atom. The molecule has 0 aromatic rings. The van der Waals surface area contributed by atoms with Crippen LogP contribution in [0.5, 0.6) is 0 Å². The molecule has 1 aliphatic heterocycles. The lowest BCUT2D eigenvalue weighted by atomic mass is 9.90. The van der Waals surface area contributed by atoms with E-state index in [4.69, 9.17) is 0 Å². The van der Waals surface area contributed by atoms with E-state index in [9.17, 15) is 0 Å². The summed E-state index contributed by atoms with van der Waals surface area (Å²) in [4.78, 5) is 0. The van der Waals surface area contributed by atoms with Crippen molar-refractivity contribution in [2.24, 2.45) is 5.41 Å². The number of hydrogen-bond donors (Lipinski definition) is 1. The molecule has 1 nitrogen and oxygen atoms in total. The van der Waals surface area contributed by atoms with Crippen LogP contribution in [0.3, 0.4) is 0 Å². The fourth-order valence-electron chi connectivity index (χ4n) is 1.62. The van der Waals surface area contributed by atoms with Crippen LogP contribution in [0.25, 0.3) is 0 Å². The quantitative estimate of drug-likeness (QED) is 0.667. The number of rotatable bonds is 3. The molecule has 0 spiro atoms. The second-order valence-corrected chi connectivity index (χ2v) is 6.48. The Bertz CT molecular complexity index is 177. The van der Waals surface area contributed by atoms with Crippen molar-refractivity contribution in [1.82, 2.24) is 5.32 Å². The summed E-state index contributed by atoms with van der Waals surface area (Å²) in [7, 11) is 0.453. The van der Waals surface area contributed by atoms with Crippen LogP contribution in [0.1, 0.15) is 27.2 Å². The fourth-order valence-corrected chi connectivity index (χ4v) is 3.78. The molecule has 0 amide bonds. The van der Waals surface area contributed by atoms with Crippen LogP contribution in [-0.2, 0) is 0 Å². The fraction of sp³-hybridized carbons (Fsp3) is 0.900. The standard InChI is InChI=1S/C10H21NS/c1-9(2)11-7-10(3)5-6-12(4)8-10/h9,11H,4-8H2,1-3H3. The molecule has 72 valence electrons. The monoisotopic (exact) mass is 187 g/mol. The number of nitrogens with one attached hydrogen (secondary N) is 1. The normalized spacial score (nSPS) is 36.2. The summed E-state index contributed by atoms with van der Waals surface area (Å²) in [5.74, 6) is 6.83. The molecule has 1 rings (SSSR count). The minimum absolute atomic E-state index is 0.453. The Morgan fingerprint density at radius 3 is 2.67 bits per heavy atom. The van der Waals surface area contributed by atoms with Crippen molar-refractivity contribution < 1.29 is 0 Å². The van der Waals surface area contributed by atoms with Crippen molar-refractivity contribution in [3.8, 4) is 0 Å². The maximum Gasteiger partial charge on any atom is 0.00155 e. The van der Waals surface area contributed by atoms with Gasteiger partial charge in [0.05, 0.1) is 0 Å². The minimum atomic E-state index is 0.453. The summed E-state index contributed by atoms with van der Waals surface area (Å²) in [6, 6.07) is 0.619. The van der Waals surface area contributed by atoms with Gasteiger partial charge in [-0.2, -0.15) is 10.5 Å². The summed E-state index contributed by atoms with van der Waals surface area (Å²) in [6.45, 7) is 7.98. The molecule has 1 N–H and O–H groups in total. The smallest absolute Gasteiger partial charge is 0.00155 e. The van der Waals surface area contributed by atoms with Crippen molar-refractivity contribution in [3.63, 3.8) is 0 Å². The van der Waals surface area contributed by atoms with Gasteiger partial charge in [0.2, 0.25) is 0 Å². The predicted molar refractivity (Wildman–Crippen MR) is 60.3 cm³/mol. The lowest BCUT2D eigenvalue weighted by molar-refractivity contribution is 0.338. The number of hydrogen-bond acceptors (Lipinski definition) is 1. The van der Waals surface area contributed by atoms with Crippen LogP contribution in [-0.4, -0.2) is 30.0 Å². The van der Waals surface area contributed by atoms with Crippen LogP contribution in [0.4, 0.5) is 0 Å². The Morgan fingerprint density at radius 1 is 1.58 bits per heavy atom. The maximum absolute atomic E-state index is 4.16. The van der Waals surface area contributed by atoms with Crippen LogP contribution in [0.2, 0.25) is 0 Å². The van der Waals surface area contributed by atoms with Crippen molar-refractivity contribution in [2.75, 3.05) is 18.1 Å². The van der Waals surface area contributed by atoms with E-state index >= 15 is 0 Å². The maximum atomic E-state index is 4.16. The van der Waals surface area contributed by atoms with Crippen molar-refractivity contribution in [3.05, 3.63) is 0 Å². The molecular weight excluding hydrogens is 166 g/mol. The molecule has 0 aromatic carbocycles. The molecule has 0 saturated carbocycles. The molecule has 0 aliphatic carbocycles. The van der Waals surface area contributed by atoms with E-state index in [1.54, 1.807) is 0 Å². The largest absolute Gasteiger partial charge is 0.314 e. The molecule has 2 atom stereocenters. The highest BCUT2D eigenvalue weighted by atomic mass is 32.2. The molecule has 1 heterocycles. The van der Waals surface area contributed by atoms with Crippen molar-refractivity contribution >= 4 is 16.4 Å². The Hall–Kier alpha value is 0.180. The van der Waals surface area contributed by atoms with Gasteiger partial charge in [-0.25, -0.2) is 0 Å². The van der Waals surface area contributed by atoms with E-state index in [-0.39, 0.29) is 0 Å². The molecule has 1 saturated heterocycles. The van der Waals surface area contributed by atoms with Crippen LogP contribution < -0.4 is 5.32 Å². The first-order chi connectivity index (χ1) is 5.52. The molecule has 0 radical (unpaired) electrons. The summed E-state index contributed by atoms with van der Waals surface area (Å²) < 4.78 is 0. The van der Waals surface area contributed by atoms with E-state index in [1.807, 2.05) is 0 Å². The highest BCUT2D eigenvalue weighted by molar-refractivity contribution is 8.14. The molecule has 12 heavy (non-hydrogen) atoms. The van der Waals surface area contributed by atoms with Crippen LogP contribution >= 0.6 is 10.5 Å². The van der Waals surface area contributed by atoms with E-state index in [2.05, 4.69) is 32.0 Å². The Kier molecular flexibility index (Phi) is 3.36. The van der Waals surface area contributed by atoms with Crippen molar-refractivity contribution in [1.29, 1.82) is 0 Å². The lowest BCUT2D eigenvalue weighted by Crippen LogP contribution is -2.35. The molecule has 0 bridgehead atoms. The van der Waals surface area contributed by atoms with E-state index in [1.165, 1.54) is 24.5 Å². The van der Waals surface area contributed by atoms with Gasteiger partial charge in [0.15, 0.2) is 0 Å². The van der Waals surface area contributed by atoms with E-state index < -0.39 is 0 Å². The summed E-state index contributed by atoms with van der Waals surface area (Å²) in [6.07, 6.45) is 1.36. The SMILES string of the molecule is C=S1CCC(C)(CNC(C)C)C1. The highest BCUT2D eigenvalue weighted by Crippen LogP contribution is 2.38. The Balaban J connectivity index is 2.35. The first-order valence-electron chi connectivity index (χ1n) is 4.72. The van der Waals surface area contributed by atoms with Gasteiger partial charge in [0.1, 0.15) is 0 Å². The molecular formula is C10H21NS. The van der Waals surface area contributed by atoms with Crippen molar-refractivity contribution in [2.45, 2.75) is 33.2 Å². The topological polar surface area (TPSA) is 12.0 Å². The average molecular weight is 187 g/mol. The summed E-state index contributed by atoms with van der Waals surface area (Å²) >= 11 is 0. The van der Waals surface area contributed by atoms with Crippen LogP contribution in [0, 0.1) is 5.41 Å². The lowest BCUT2D eigenvalue weighted by Gasteiger charge is -2.24. The molecule has 2 heteroatoms. The third kappa shape index (κ3) is 2.91. The zero-order chi connectivity index (χ0) is 9.19. The van der Waals surface area contributed by atoms with Gasteiger partial charge in [-0.15, -0.1) is 0 Å². The highest BCUT2D eigenvalue weighted by Gasteiger charge is 2.29. The summed E-state index contributed by atoms with van der Waals surface area (Å²) in [5.41, 5.74) is 0.537. The van der Waals surface area contributed by atoms with Gasteiger partial charge in [0, 0.05) is 12.6 Å². The van der Waals surface area contributed by atoms with Gasteiger partial charge in [-0.1, -0.05) is 26.6 Å². The first kappa shape index (κ1) is 10.3. The third-order valence-electron chi connectivity index (χ3n) is 2.48. The molecule has 2 unspecified atom stereocenters. The van der Waals surface area contributed by atoms with Gasteiger partial charge in [0.25, 0.3) is 0 Å². The average Bonchev–Trinajstić information content (AvgIpc) is 2.29. The predicted octanol–water partition coefficient (Wildman–Crippen LogP) is 2.10.